The smallest absolute Gasteiger partial charge is 0.228 e. The van der Waals surface area contributed by atoms with Crippen molar-refractivity contribution in [3.05, 3.63) is 144 Å². The van der Waals surface area contributed by atoms with Gasteiger partial charge in [0.05, 0.1) is 39.6 Å². The van der Waals surface area contributed by atoms with E-state index in [1.165, 1.54) is 14.2 Å². The zero-order valence-corrected chi connectivity index (χ0v) is 40.8. The van der Waals surface area contributed by atoms with E-state index in [1.807, 2.05) is 121 Å². The molecular weight excluding hydrogens is 864 g/mol. The van der Waals surface area contributed by atoms with E-state index in [2.05, 4.69) is 33.9 Å². The van der Waals surface area contributed by atoms with Crippen molar-refractivity contribution in [2.75, 3.05) is 27.4 Å². The minimum absolute atomic E-state index is 0.0526. The van der Waals surface area contributed by atoms with Gasteiger partial charge >= 0.3 is 0 Å². The number of halogens is 1. The highest BCUT2D eigenvalue weighted by Crippen LogP contribution is 2.46. The highest BCUT2D eigenvalue weighted by atomic mass is 28.4. The molecular formula is C52H69FO12Si. The summed E-state index contributed by atoms with van der Waals surface area (Å²) in [7, 11) is 0.676. The van der Waals surface area contributed by atoms with Gasteiger partial charge in [0, 0.05) is 14.2 Å². The lowest BCUT2D eigenvalue weighted by Gasteiger charge is -2.57. The molecule has 3 aliphatic rings. The van der Waals surface area contributed by atoms with Crippen LogP contribution in [-0.2, 0) is 83.0 Å². The number of methoxy groups -OCH3 is 2. The number of alkyl halides is 1. The normalized spacial score (nSPS) is 31.6. The Morgan fingerprint density at radius 2 is 0.985 bits per heavy atom. The van der Waals surface area contributed by atoms with Crippen LogP contribution in [0.25, 0.3) is 0 Å². The van der Waals surface area contributed by atoms with E-state index in [9.17, 15) is 0 Å². The van der Waals surface area contributed by atoms with E-state index < -0.39 is 81.4 Å². The maximum Gasteiger partial charge on any atom is 0.228 e. The van der Waals surface area contributed by atoms with Crippen LogP contribution in [0, 0.1) is 0 Å². The number of benzene rings is 4. The van der Waals surface area contributed by atoms with Gasteiger partial charge < -0.3 is 56.5 Å². The van der Waals surface area contributed by atoms with Gasteiger partial charge in [0.25, 0.3) is 0 Å². The molecule has 12 nitrogen and oxygen atoms in total. The number of fused-ring (bicyclic) bond motifs is 1. The number of hydrogen-bond donors (Lipinski definition) is 0. The van der Waals surface area contributed by atoms with E-state index in [-0.39, 0.29) is 38.1 Å². The molecule has 0 bridgehead atoms. The van der Waals surface area contributed by atoms with Crippen LogP contribution >= 0.6 is 0 Å². The molecule has 0 aromatic heterocycles. The van der Waals surface area contributed by atoms with E-state index in [0.29, 0.717) is 6.61 Å². The molecule has 0 amide bonds. The summed E-state index contributed by atoms with van der Waals surface area (Å²) in [5.41, 5.74) is 3.79. The molecule has 12 atom stereocenters. The molecule has 0 radical (unpaired) electrons. The van der Waals surface area contributed by atoms with Crippen molar-refractivity contribution in [1.29, 1.82) is 0 Å². The van der Waals surface area contributed by atoms with Gasteiger partial charge in [-0.05, 0) is 54.2 Å². The van der Waals surface area contributed by atoms with Gasteiger partial charge in [-0.25, -0.2) is 4.39 Å². The van der Waals surface area contributed by atoms with E-state index in [4.69, 9.17) is 56.5 Å². The average Bonchev–Trinajstić information content (AvgIpc) is 3.32. The van der Waals surface area contributed by atoms with E-state index >= 15 is 4.39 Å². The quantitative estimate of drug-likeness (QED) is 0.0788. The molecule has 4 aromatic carbocycles. The van der Waals surface area contributed by atoms with Gasteiger partial charge in [-0.1, -0.05) is 142 Å². The third kappa shape index (κ3) is 12.0. The van der Waals surface area contributed by atoms with Crippen LogP contribution in [0.15, 0.2) is 121 Å². The Morgan fingerprint density at radius 3 is 1.45 bits per heavy atom. The molecule has 0 aliphatic carbocycles. The predicted molar refractivity (Wildman–Crippen MR) is 248 cm³/mol. The summed E-state index contributed by atoms with van der Waals surface area (Å²) in [5, 5.41) is -0.113. The molecule has 0 spiro atoms. The van der Waals surface area contributed by atoms with Crippen molar-refractivity contribution < 1.29 is 60.9 Å². The lowest BCUT2D eigenvalue weighted by atomic mass is 9.93. The SMILES string of the molecule is CO[C@@]1(C)O[C@@H]2[C@H](O[C@H]3O[C@H](COCc4ccccc4)[C@@H](OCc4ccccc4)[C@H](OCc4ccccc4)[C@@H]3OCc3ccccc3)[C@@H](F)O[C@H](CO[Si](C)(C)C(C)(C)C)[C@H]2O[C@]1(C)OC. The second-order valence-electron chi connectivity index (χ2n) is 19.0. The van der Waals surface area contributed by atoms with Crippen molar-refractivity contribution in [1.82, 2.24) is 0 Å². The number of rotatable bonds is 20. The summed E-state index contributed by atoms with van der Waals surface area (Å²) in [5.74, 6) is -2.94. The molecule has 3 heterocycles. The molecule has 0 unspecified atom stereocenters. The third-order valence-electron chi connectivity index (χ3n) is 13.4. The Morgan fingerprint density at radius 1 is 0.545 bits per heavy atom. The Kier molecular flexibility index (Phi) is 17.1. The third-order valence-corrected chi connectivity index (χ3v) is 18.0. The zero-order valence-electron chi connectivity index (χ0n) is 39.8. The standard InChI is InChI=1S/C52H69FO12Si/c1-50(2,3)66(8,9)60-35-41-43-45(65-52(5,55-7)51(4,54-6)64-43)46(48(53)61-41)63-49-47(59-33-39-28-20-13-21-29-39)44(58-32-38-26-18-12-19-27-38)42(57-31-37-24-16-11-17-25-37)40(62-49)34-56-30-36-22-14-10-15-23-36/h10-29,40-49H,30-35H2,1-9H3/t40-,41-,42-,43-,44+,45+,46+,47+,48+,49-,51+,52+/m1/s1. The Labute approximate surface area is 391 Å². The molecule has 0 saturated carbocycles. The summed E-state index contributed by atoms with van der Waals surface area (Å²) < 4.78 is 96.4. The molecule has 66 heavy (non-hydrogen) atoms. The van der Waals surface area contributed by atoms with Gasteiger partial charge in [-0.15, -0.1) is 0 Å². The zero-order chi connectivity index (χ0) is 47.0. The van der Waals surface area contributed by atoms with Gasteiger partial charge in [-0.3, -0.25) is 0 Å². The second-order valence-corrected chi connectivity index (χ2v) is 23.8. The van der Waals surface area contributed by atoms with Crippen LogP contribution in [0.2, 0.25) is 18.1 Å². The van der Waals surface area contributed by atoms with Crippen LogP contribution in [0.5, 0.6) is 0 Å². The first kappa shape index (κ1) is 50.4. The van der Waals surface area contributed by atoms with E-state index in [0.717, 1.165) is 22.3 Å². The predicted octanol–water partition coefficient (Wildman–Crippen LogP) is 9.29. The summed E-state index contributed by atoms with van der Waals surface area (Å²) >= 11 is 0. The molecule has 360 valence electrons. The van der Waals surface area contributed by atoms with Crippen LogP contribution in [0.1, 0.15) is 56.9 Å². The van der Waals surface area contributed by atoms with Gasteiger partial charge in [-0.2, -0.15) is 0 Å². The minimum Gasteiger partial charge on any atom is -0.414 e. The topological polar surface area (TPSA) is 111 Å². The van der Waals surface area contributed by atoms with Gasteiger partial charge in [0.15, 0.2) is 14.6 Å². The number of ether oxygens (including phenoxy) is 11. The van der Waals surface area contributed by atoms with Gasteiger partial charge in [0.1, 0.15) is 48.8 Å². The van der Waals surface area contributed by atoms with Crippen molar-refractivity contribution in [3.63, 3.8) is 0 Å². The Hall–Kier alpha value is -3.45. The first-order valence-electron chi connectivity index (χ1n) is 22.9. The molecule has 4 aromatic rings. The van der Waals surface area contributed by atoms with E-state index in [1.54, 1.807) is 13.8 Å². The molecule has 0 N–H and O–H groups in total. The molecule has 14 heteroatoms. The first-order valence-corrected chi connectivity index (χ1v) is 25.8. The fourth-order valence-electron chi connectivity index (χ4n) is 8.14. The monoisotopic (exact) mass is 932 g/mol. The largest absolute Gasteiger partial charge is 0.414 e. The fourth-order valence-corrected chi connectivity index (χ4v) is 9.15. The molecule has 7 rings (SSSR count). The van der Waals surface area contributed by atoms with Crippen LogP contribution < -0.4 is 0 Å². The summed E-state index contributed by atoms with van der Waals surface area (Å²) in [6.45, 7) is 15.2. The second kappa shape index (κ2) is 22.3. The maximum absolute atomic E-state index is 17.2. The van der Waals surface area contributed by atoms with Crippen molar-refractivity contribution in [2.24, 2.45) is 0 Å². The Bertz CT molecular complexity index is 2050. The molecule has 3 aliphatic heterocycles. The first-order chi connectivity index (χ1) is 31.6. The Balaban J connectivity index is 1.26. The maximum atomic E-state index is 17.2. The highest BCUT2D eigenvalue weighted by molar-refractivity contribution is 6.74. The van der Waals surface area contributed by atoms with Crippen LogP contribution in [0.4, 0.5) is 4.39 Å². The fraction of sp³-hybridized carbons (Fsp3) is 0.538. The van der Waals surface area contributed by atoms with Crippen molar-refractivity contribution in [2.45, 2.75) is 152 Å². The van der Waals surface area contributed by atoms with Crippen LogP contribution in [-0.4, -0.2) is 109 Å². The summed E-state index contributed by atoms with van der Waals surface area (Å²) in [4.78, 5) is 0. The lowest BCUT2D eigenvalue weighted by Crippen LogP contribution is -2.73. The average molecular weight is 933 g/mol. The van der Waals surface area contributed by atoms with Gasteiger partial charge in [0.2, 0.25) is 17.9 Å². The lowest BCUT2D eigenvalue weighted by molar-refractivity contribution is -0.482. The number of hydrogen-bond acceptors (Lipinski definition) is 12. The highest BCUT2D eigenvalue weighted by Gasteiger charge is 2.64. The van der Waals surface area contributed by atoms with Crippen LogP contribution in [0.3, 0.4) is 0 Å². The summed E-state index contributed by atoms with van der Waals surface area (Å²) in [6, 6.07) is 39.4. The van der Waals surface area contributed by atoms with Crippen molar-refractivity contribution in [3.8, 4) is 0 Å². The minimum atomic E-state index is -2.32. The molecule has 3 fully saturated rings. The van der Waals surface area contributed by atoms with Crippen molar-refractivity contribution >= 4 is 8.32 Å². The molecule has 3 saturated heterocycles. The summed E-state index contributed by atoms with van der Waals surface area (Å²) in [6.07, 6.45) is -11.0.